The van der Waals surface area contributed by atoms with E-state index in [0.717, 1.165) is 36.2 Å². The molecule has 0 amide bonds. The quantitative estimate of drug-likeness (QED) is 0.542. The first kappa shape index (κ1) is 15.6. The maximum atomic E-state index is 5.42. The molecule has 128 valence electrons. The van der Waals surface area contributed by atoms with Gasteiger partial charge in [0, 0.05) is 19.9 Å². The molecule has 3 aromatic heterocycles. The summed E-state index contributed by atoms with van der Waals surface area (Å²) in [5.74, 6) is 2.31. The lowest BCUT2D eigenvalue weighted by Gasteiger charge is -2.04. The fraction of sp³-hybridized carbons (Fsp3) is 0.333. The van der Waals surface area contributed by atoms with E-state index in [2.05, 4.69) is 51.2 Å². The SMILES string of the molecule is Cc1nc2c(NCCCc3nc4c(C)c(C)ccc4[nH]3)ncnc2o1. The number of nitrogens with zero attached hydrogens (tertiary/aromatic N) is 4. The number of hydrogen-bond acceptors (Lipinski definition) is 6. The summed E-state index contributed by atoms with van der Waals surface area (Å²) in [7, 11) is 0. The molecule has 0 radical (unpaired) electrons. The Bertz CT molecular complexity index is 1050. The summed E-state index contributed by atoms with van der Waals surface area (Å²) in [4.78, 5) is 20.8. The van der Waals surface area contributed by atoms with Gasteiger partial charge in [-0.2, -0.15) is 4.98 Å². The number of H-pyrrole nitrogens is 1. The van der Waals surface area contributed by atoms with Crippen LogP contribution in [-0.2, 0) is 6.42 Å². The number of fused-ring (bicyclic) bond motifs is 2. The lowest BCUT2D eigenvalue weighted by Crippen LogP contribution is -2.06. The zero-order valence-corrected chi connectivity index (χ0v) is 14.6. The average molecular weight is 336 g/mol. The number of benzene rings is 1. The molecule has 0 bridgehead atoms. The number of oxazole rings is 1. The van der Waals surface area contributed by atoms with Crippen LogP contribution in [0.25, 0.3) is 22.3 Å². The van der Waals surface area contributed by atoms with E-state index in [1.165, 1.54) is 17.5 Å². The molecule has 2 N–H and O–H groups in total. The molecular weight excluding hydrogens is 316 g/mol. The maximum absolute atomic E-state index is 5.42. The van der Waals surface area contributed by atoms with Crippen LogP contribution in [0.1, 0.15) is 29.3 Å². The van der Waals surface area contributed by atoms with Gasteiger partial charge in [-0.05, 0) is 37.5 Å². The largest absolute Gasteiger partial charge is 0.422 e. The topological polar surface area (TPSA) is 92.5 Å². The Balaban J connectivity index is 1.41. The number of hydrogen-bond donors (Lipinski definition) is 2. The standard InChI is InChI=1S/C18H20N6O/c1-10-6-7-13-15(11(10)2)24-14(23-13)5-4-8-19-17-16-18(21-9-20-17)25-12(3)22-16/h6-7,9H,4-5,8H2,1-3H3,(H,23,24)(H,19,20,21). The van der Waals surface area contributed by atoms with Crippen molar-refractivity contribution in [1.29, 1.82) is 0 Å². The molecule has 0 spiro atoms. The van der Waals surface area contributed by atoms with Crippen LogP contribution in [0.2, 0.25) is 0 Å². The Kier molecular flexibility index (Phi) is 3.83. The number of aryl methyl sites for hydroxylation is 4. The van der Waals surface area contributed by atoms with Gasteiger partial charge in [0.25, 0.3) is 5.71 Å². The molecule has 4 aromatic rings. The van der Waals surface area contributed by atoms with Crippen LogP contribution in [0.3, 0.4) is 0 Å². The number of imidazole rings is 1. The van der Waals surface area contributed by atoms with Crippen LogP contribution in [0.4, 0.5) is 5.82 Å². The lowest BCUT2D eigenvalue weighted by molar-refractivity contribution is 0.551. The molecule has 3 heterocycles. The van der Waals surface area contributed by atoms with Gasteiger partial charge < -0.3 is 14.7 Å². The van der Waals surface area contributed by atoms with Crippen LogP contribution in [0.15, 0.2) is 22.9 Å². The van der Waals surface area contributed by atoms with E-state index in [1.54, 1.807) is 6.92 Å². The second-order valence-electron chi connectivity index (χ2n) is 6.23. The van der Waals surface area contributed by atoms with Crippen molar-refractivity contribution in [1.82, 2.24) is 24.9 Å². The van der Waals surface area contributed by atoms with Crippen molar-refractivity contribution in [2.45, 2.75) is 33.6 Å². The molecule has 0 atom stereocenters. The van der Waals surface area contributed by atoms with Crippen LogP contribution in [-0.4, -0.2) is 31.5 Å². The third kappa shape index (κ3) is 2.93. The Morgan fingerprint density at radius 3 is 2.84 bits per heavy atom. The number of rotatable bonds is 5. The predicted molar refractivity (Wildman–Crippen MR) is 96.7 cm³/mol. The molecule has 0 fully saturated rings. The number of aromatic nitrogens is 5. The van der Waals surface area contributed by atoms with Gasteiger partial charge >= 0.3 is 0 Å². The minimum Gasteiger partial charge on any atom is -0.422 e. The van der Waals surface area contributed by atoms with E-state index in [1.807, 2.05) is 0 Å². The first-order chi connectivity index (χ1) is 12.1. The molecule has 1 aromatic carbocycles. The summed E-state index contributed by atoms with van der Waals surface area (Å²) in [5, 5.41) is 3.31. The fourth-order valence-corrected chi connectivity index (χ4v) is 2.93. The number of nitrogens with one attached hydrogen (secondary N) is 2. The molecule has 0 aliphatic rings. The smallest absolute Gasteiger partial charge is 0.252 e. The Morgan fingerprint density at radius 2 is 1.96 bits per heavy atom. The second kappa shape index (κ2) is 6.16. The molecule has 0 aliphatic heterocycles. The third-order valence-corrected chi connectivity index (χ3v) is 4.41. The number of anilines is 1. The average Bonchev–Trinajstić information content (AvgIpc) is 3.18. The van der Waals surface area contributed by atoms with Crippen LogP contribution < -0.4 is 5.32 Å². The van der Waals surface area contributed by atoms with Crippen LogP contribution in [0, 0.1) is 20.8 Å². The van der Waals surface area contributed by atoms with Gasteiger partial charge in [-0.1, -0.05) is 6.07 Å². The fourth-order valence-electron chi connectivity index (χ4n) is 2.93. The van der Waals surface area contributed by atoms with Crippen LogP contribution in [0.5, 0.6) is 0 Å². The molecule has 7 heteroatoms. The Labute approximate surface area is 144 Å². The van der Waals surface area contributed by atoms with E-state index < -0.39 is 0 Å². The summed E-state index contributed by atoms with van der Waals surface area (Å²) in [6.45, 7) is 6.80. The second-order valence-corrected chi connectivity index (χ2v) is 6.23. The first-order valence-corrected chi connectivity index (χ1v) is 8.38. The first-order valence-electron chi connectivity index (χ1n) is 8.38. The zero-order chi connectivity index (χ0) is 17.4. The lowest BCUT2D eigenvalue weighted by atomic mass is 10.1. The molecule has 0 saturated carbocycles. The molecule has 7 nitrogen and oxygen atoms in total. The molecule has 0 saturated heterocycles. The monoisotopic (exact) mass is 336 g/mol. The minimum atomic E-state index is 0.512. The minimum absolute atomic E-state index is 0.512. The molecule has 0 aliphatic carbocycles. The van der Waals surface area contributed by atoms with Crippen molar-refractivity contribution in [2.24, 2.45) is 0 Å². The van der Waals surface area contributed by atoms with Crippen molar-refractivity contribution < 1.29 is 4.42 Å². The van der Waals surface area contributed by atoms with Gasteiger partial charge in [0.2, 0.25) is 0 Å². The Morgan fingerprint density at radius 1 is 1.08 bits per heavy atom. The van der Waals surface area contributed by atoms with E-state index in [0.29, 0.717) is 22.9 Å². The highest BCUT2D eigenvalue weighted by molar-refractivity contribution is 5.81. The van der Waals surface area contributed by atoms with Gasteiger partial charge in [0.05, 0.1) is 11.0 Å². The van der Waals surface area contributed by atoms with Crippen molar-refractivity contribution in [3.63, 3.8) is 0 Å². The highest BCUT2D eigenvalue weighted by Crippen LogP contribution is 2.21. The summed E-state index contributed by atoms with van der Waals surface area (Å²) in [6.07, 6.45) is 3.28. The van der Waals surface area contributed by atoms with Crippen molar-refractivity contribution in [3.05, 3.63) is 41.3 Å². The van der Waals surface area contributed by atoms with E-state index in [9.17, 15) is 0 Å². The highest BCUT2D eigenvalue weighted by Gasteiger charge is 2.10. The zero-order valence-electron chi connectivity index (χ0n) is 14.6. The third-order valence-electron chi connectivity index (χ3n) is 4.41. The summed E-state index contributed by atoms with van der Waals surface area (Å²) >= 11 is 0. The van der Waals surface area contributed by atoms with Gasteiger partial charge in [-0.3, -0.25) is 0 Å². The number of aromatic amines is 1. The van der Waals surface area contributed by atoms with Crippen LogP contribution >= 0.6 is 0 Å². The highest BCUT2D eigenvalue weighted by atomic mass is 16.4. The summed E-state index contributed by atoms with van der Waals surface area (Å²) < 4.78 is 5.42. The van der Waals surface area contributed by atoms with Crippen molar-refractivity contribution in [2.75, 3.05) is 11.9 Å². The molecule has 25 heavy (non-hydrogen) atoms. The van der Waals surface area contributed by atoms with Gasteiger partial charge in [-0.25, -0.2) is 15.0 Å². The van der Waals surface area contributed by atoms with Gasteiger partial charge in [-0.15, -0.1) is 0 Å². The van der Waals surface area contributed by atoms with E-state index in [4.69, 9.17) is 9.40 Å². The predicted octanol–water partition coefficient (Wildman–Crippen LogP) is 3.46. The molecule has 4 rings (SSSR count). The van der Waals surface area contributed by atoms with Crippen molar-refractivity contribution in [3.8, 4) is 0 Å². The van der Waals surface area contributed by atoms with E-state index >= 15 is 0 Å². The van der Waals surface area contributed by atoms with Gasteiger partial charge in [0.15, 0.2) is 17.2 Å². The summed E-state index contributed by atoms with van der Waals surface area (Å²) in [6, 6.07) is 4.22. The van der Waals surface area contributed by atoms with Gasteiger partial charge in [0.1, 0.15) is 12.2 Å². The summed E-state index contributed by atoms with van der Waals surface area (Å²) in [5.41, 5.74) is 5.86. The Hall–Kier alpha value is -2.96. The van der Waals surface area contributed by atoms with E-state index in [-0.39, 0.29) is 0 Å². The maximum Gasteiger partial charge on any atom is 0.252 e. The van der Waals surface area contributed by atoms with Crippen molar-refractivity contribution >= 4 is 28.1 Å². The molecule has 0 unspecified atom stereocenters. The molecular formula is C18H20N6O. The normalized spacial score (nSPS) is 11.5.